The lowest BCUT2D eigenvalue weighted by Crippen LogP contribution is -2.62. The second-order valence-electron chi connectivity index (χ2n) is 32.5. The predicted molar refractivity (Wildman–Crippen MR) is 462 cm³/mol. The van der Waals surface area contributed by atoms with Crippen molar-refractivity contribution in [1.82, 2.24) is 89.4 Å². The average Bonchev–Trinajstić information content (AvgIpc) is 1.67. The van der Waals surface area contributed by atoms with Gasteiger partial charge in [0.25, 0.3) is 0 Å². The second kappa shape index (κ2) is 52.0. The Hall–Kier alpha value is -14.6. The van der Waals surface area contributed by atoms with Gasteiger partial charge < -0.3 is 125 Å². The lowest BCUT2D eigenvalue weighted by atomic mass is 9.94. The number of aromatic hydroxyl groups is 2. The number of nitrogens with one attached hydrogen (secondary N) is 16. The van der Waals surface area contributed by atoms with Crippen molar-refractivity contribution in [3.05, 3.63) is 114 Å². The zero-order valence-corrected chi connectivity index (χ0v) is 73.8. The summed E-state index contributed by atoms with van der Waals surface area (Å²) < 4.78 is 0. The Kier molecular flexibility index (Phi) is 42.5. The van der Waals surface area contributed by atoms with E-state index in [1.165, 1.54) is 75.9 Å². The van der Waals surface area contributed by atoms with Gasteiger partial charge in [0.2, 0.25) is 82.7 Å². The lowest BCUT2D eigenvalue weighted by Gasteiger charge is -2.31. The summed E-state index contributed by atoms with van der Waals surface area (Å²) in [5.41, 5.74) is 1.99. The molecule has 16 atom stereocenters. The third kappa shape index (κ3) is 35.9. The maximum Gasteiger partial charge on any atom is 0.326 e. The quantitative estimate of drug-likeness (QED) is 0.0218. The highest BCUT2D eigenvalue weighted by Crippen LogP contribution is 2.25. The number of hydrogen-bond acceptors (Lipinski definition) is 23. The van der Waals surface area contributed by atoms with E-state index < -0.39 is 278 Å². The van der Waals surface area contributed by atoms with E-state index in [4.69, 9.17) is 5.11 Å². The van der Waals surface area contributed by atoms with Gasteiger partial charge in [0.05, 0.1) is 31.3 Å². The van der Waals surface area contributed by atoms with Gasteiger partial charge in [-0.25, -0.2) is 9.78 Å². The monoisotopic (exact) mass is 1840 g/mol. The summed E-state index contributed by atoms with van der Waals surface area (Å²) in [4.78, 5) is 280. The molecule has 2 heterocycles. The van der Waals surface area contributed by atoms with Crippen LogP contribution < -0.4 is 74.4 Å². The molecule has 24 N–H and O–H groups in total. The number of nitrogens with zero attached hydrogens (tertiary/aromatic N) is 1. The molecule has 5 aromatic rings. The Bertz CT molecular complexity index is 4870. The van der Waals surface area contributed by atoms with Crippen molar-refractivity contribution in [2.45, 2.75) is 250 Å². The first-order chi connectivity index (χ1) is 61.7. The minimum absolute atomic E-state index is 0.0901. The average molecular weight is 1840 g/mol. The number of phenolic OH excluding ortho intramolecular Hbond substituents is 2. The number of H-pyrrole nitrogens is 2. The number of carbonyl (C=O) groups is 20. The van der Waals surface area contributed by atoms with Crippen molar-refractivity contribution in [2.75, 3.05) is 0 Å². The number of rotatable bonds is 56. The molecule has 0 saturated heterocycles. The van der Waals surface area contributed by atoms with E-state index in [1.54, 1.807) is 77.9 Å². The number of phenols is 2. The van der Waals surface area contributed by atoms with Gasteiger partial charge in [-0.15, -0.1) is 0 Å². The van der Waals surface area contributed by atoms with Gasteiger partial charge in [-0.1, -0.05) is 111 Å². The molecule has 5 rings (SSSR count). The van der Waals surface area contributed by atoms with Crippen molar-refractivity contribution >= 4 is 129 Å². The largest absolute Gasteiger partial charge is 0.508 e. The van der Waals surface area contributed by atoms with E-state index in [2.05, 4.69) is 84.1 Å². The fraction of sp³-hybridized carbons (Fsp3) is 0.500. The molecule has 3 aromatic carbocycles. The van der Waals surface area contributed by atoms with Crippen LogP contribution in [0.3, 0.4) is 0 Å². The number of fused-ring (bicyclic) bond motifs is 1. The molecule has 714 valence electrons. The Morgan fingerprint density at radius 2 is 0.756 bits per heavy atom. The Morgan fingerprint density at radius 3 is 1.25 bits per heavy atom. The smallest absolute Gasteiger partial charge is 0.326 e. The van der Waals surface area contributed by atoms with E-state index in [0.717, 1.165) is 6.92 Å². The van der Waals surface area contributed by atoms with Crippen LogP contribution in [-0.2, 0) is 122 Å². The molecule has 2 aromatic heterocycles. The summed E-state index contributed by atoms with van der Waals surface area (Å²) >= 11 is 0. The van der Waals surface area contributed by atoms with Gasteiger partial charge in [0.1, 0.15) is 96.1 Å². The van der Waals surface area contributed by atoms with Crippen LogP contribution in [0.2, 0.25) is 0 Å². The first-order valence-corrected chi connectivity index (χ1v) is 42.3. The van der Waals surface area contributed by atoms with E-state index >= 15 is 0 Å². The highest BCUT2D eigenvalue weighted by molar-refractivity contribution is 6.02. The molecule has 0 spiro atoms. The number of aromatic nitrogens is 3. The molecule has 45 heteroatoms. The van der Waals surface area contributed by atoms with E-state index in [1.807, 2.05) is 5.32 Å². The summed E-state index contributed by atoms with van der Waals surface area (Å²) in [5.74, 6) is -27.4. The van der Waals surface area contributed by atoms with Crippen molar-refractivity contribution < 1.29 is 137 Å². The van der Waals surface area contributed by atoms with Crippen LogP contribution in [0.25, 0.3) is 10.9 Å². The first kappa shape index (κ1) is 107. The zero-order chi connectivity index (χ0) is 97.8. The fourth-order valence-electron chi connectivity index (χ4n) is 13.4. The van der Waals surface area contributed by atoms with Gasteiger partial charge in [-0.2, -0.15) is 0 Å². The van der Waals surface area contributed by atoms with Gasteiger partial charge in [0, 0.05) is 68.2 Å². The van der Waals surface area contributed by atoms with Gasteiger partial charge >= 0.3 is 35.8 Å². The number of hydrogen-bond donors (Lipinski definition) is 24. The van der Waals surface area contributed by atoms with E-state index in [0.29, 0.717) is 27.6 Å². The molecule has 0 aliphatic carbocycles. The number of amides is 14. The number of carbonyl (C=O) groups excluding carboxylic acids is 14. The number of carboxylic acid groups (broad SMARTS) is 6. The van der Waals surface area contributed by atoms with Crippen LogP contribution in [0.4, 0.5) is 0 Å². The maximum atomic E-state index is 15.0. The van der Waals surface area contributed by atoms with Gasteiger partial charge in [-0.05, 0) is 104 Å². The Morgan fingerprint density at radius 1 is 0.359 bits per heavy atom. The molecule has 0 unspecified atom stereocenters. The minimum Gasteiger partial charge on any atom is -0.508 e. The van der Waals surface area contributed by atoms with Crippen LogP contribution >= 0.6 is 0 Å². The van der Waals surface area contributed by atoms with Crippen molar-refractivity contribution in [3.8, 4) is 11.5 Å². The standard InChI is InChI=1S/C86H117N17O28/c1-11-43(7)71(84(128)100-63(86(130)131)33-49-38-88-54-23-22-52(105)35-53(49)54)103-85(129)72(44(8)12-2)102-82(126)62(37-69(115)116)98-78(122)57(30-41(3)4)96-80(124)60(34-50-39-87-40-89-50)95-73(117)45(9)91-77(121)58(31-47-16-14-13-15-17-47)97-79(123)59(32-48-18-20-51(104)21-19-48)99-83(127)70(42(5)6)101-74(118)46(10)90-75(119)55(24-27-65(107)108)93-76(120)56(25-28-66(109)110)94-81(125)61(36-68(113)114)92-64(106)26-29-67(111)112/h13-23,35,38-46,55-63,70-72,88,104-105H,11-12,24-34,36-37H2,1-10H3,(H,87,89)(H,90,119)(H,91,121)(H,92,106)(H,93,120)(H,94,125)(H,95,117)(H,96,124)(H,97,123)(H,98,122)(H,99,127)(H,100,128)(H,101,118)(H,102,126)(H,103,129)(H,107,108)(H,109,110)(H,111,112)(H,113,114)(H,115,116)(H,130,131)/t43-,44-,45-,46-,55-,56-,57-,58-,59-,60-,61-,62-,63-,70-,71-,72-/m0/s1. The summed E-state index contributed by atoms with van der Waals surface area (Å²) in [6.45, 7) is 15.2. The van der Waals surface area contributed by atoms with Crippen LogP contribution in [0.5, 0.6) is 11.5 Å². The highest BCUT2D eigenvalue weighted by Gasteiger charge is 2.41. The summed E-state index contributed by atoms with van der Waals surface area (Å²) in [6, 6.07) is -5.54. The first-order valence-electron chi connectivity index (χ1n) is 42.3. The van der Waals surface area contributed by atoms with Crippen molar-refractivity contribution in [2.24, 2.45) is 23.7 Å². The summed E-state index contributed by atoms with van der Waals surface area (Å²) in [7, 11) is 0. The third-order valence-corrected chi connectivity index (χ3v) is 21.2. The van der Waals surface area contributed by atoms with Crippen LogP contribution in [0, 0.1) is 23.7 Å². The number of benzene rings is 3. The number of imidazole rings is 1. The highest BCUT2D eigenvalue weighted by atomic mass is 16.4. The summed E-state index contributed by atoms with van der Waals surface area (Å²) in [5, 5.41) is 113. The van der Waals surface area contributed by atoms with Crippen LogP contribution in [0.1, 0.15) is 162 Å². The third-order valence-electron chi connectivity index (χ3n) is 21.2. The maximum absolute atomic E-state index is 15.0. The number of carboxylic acids is 6. The van der Waals surface area contributed by atoms with Crippen LogP contribution in [0.15, 0.2) is 91.5 Å². The minimum atomic E-state index is -1.96. The SMILES string of the molecule is CC[C@H](C)[C@H](NC(=O)[C@H](CC(=O)O)NC(=O)[C@H](CC(C)C)NC(=O)[C@H](Cc1c[nH]cn1)NC(=O)[C@H](C)NC(=O)[C@H](Cc1ccccc1)NC(=O)[C@H](Cc1ccc(O)cc1)NC(=O)[C@@H](NC(=O)[C@H](C)NC(=O)[C@H](CCC(=O)O)NC(=O)[C@H](CCC(=O)O)NC(=O)[C@H](CC(=O)O)NC(=O)CCC(=O)O)C(C)C)C(=O)N[C@H](C(=O)N[C@@H](Cc1c[nH]c2ccc(O)cc12)C(=O)O)[C@@H](C)CC. The van der Waals surface area contributed by atoms with Crippen molar-refractivity contribution in [3.63, 3.8) is 0 Å². The molecular formula is C86H117N17O28. The van der Waals surface area contributed by atoms with E-state index in [9.17, 15) is 132 Å². The number of aliphatic carboxylic acids is 6. The van der Waals surface area contributed by atoms with Gasteiger partial charge in [-0.3, -0.25) is 91.1 Å². The normalized spacial score (nSPS) is 14.8. The van der Waals surface area contributed by atoms with E-state index in [-0.39, 0.29) is 62.1 Å². The number of aromatic amines is 2. The molecule has 0 aliphatic heterocycles. The Labute approximate surface area is 751 Å². The van der Waals surface area contributed by atoms with Gasteiger partial charge in [0.15, 0.2) is 0 Å². The molecule has 0 saturated carbocycles. The predicted octanol–water partition coefficient (Wildman–Crippen LogP) is -1.18. The summed E-state index contributed by atoms with van der Waals surface area (Å²) in [6.07, 6.45) is -3.52. The topological polar surface area (TPSA) is 716 Å². The molecule has 0 fully saturated rings. The molecule has 131 heavy (non-hydrogen) atoms. The fourth-order valence-corrected chi connectivity index (χ4v) is 13.4. The molecule has 45 nitrogen and oxygen atoms in total. The molecule has 0 bridgehead atoms. The van der Waals surface area contributed by atoms with Crippen LogP contribution in [-0.4, -0.2) is 259 Å². The molecule has 0 radical (unpaired) electrons. The molecular weight excluding hydrogens is 1720 g/mol. The second-order valence-corrected chi connectivity index (χ2v) is 32.5. The van der Waals surface area contributed by atoms with Crippen molar-refractivity contribution in [1.29, 1.82) is 0 Å². The molecule has 14 amide bonds. The zero-order valence-electron chi connectivity index (χ0n) is 73.8. The lowest BCUT2D eigenvalue weighted by molar-refractivity contribution is -0.143. The Balaban J connectivity index is 1.35. The molecule has 0 aliphatic rings.